The molecule has 0 spiro atoms. The Labute approximate surface area is 91.4 Å². The molecular formula is C11H21N3O. The second-order valence-corrected chi connectivity index (χ2v) is 4.38. The van der Waals surface area contributed by atoms with Crippen molar-refractivity contribution in [2.75, 3.05) is 19.5 Å². The average molecular weight is 211 g/mol. The maximum Gasteiger partial charge on any atom is 0.148 e. The minimum Gasteiger partial charge on any atom is -0.384 e. The van der Waals surface area contributed by atoms with E-state index in [9.17, 15) is 0 Å². The molecule has 15 heavy (non-hydrogen) atoms. The molecule has 1 atom stereocenters. The van der Waals surface area contributed by atoms with E-state index in [1.165, 1.54) is 0 Å². The summed E-state index contributed by atoms with van der Waals surface area (Å²) in [7, 11) is 1.73. The van der Waals surface area contributed by atoms with Gasteiger partial charge in [-0.15, -0.1) is 0 Å². The van der Waals surface area contributed by atoms with Crippen molar-refractivity contribution in [3.63, 3.8) is 0 Å². The minimum absolute atomic E-state index is 0.480. The Kier molecular flexibility index (Phi) is 4.15. The summed E-state index contributed by atoms with van der Waals surface area (Å²) in [5.74, 6) is 1.68. The van der Waals surface area contributed by atoms with Gasteiger partial charge in [0.1, 0.15) is 5.82 Å². The number of aromatic nitrogens is 2. The van der Waals surface area contributed by atoms with Gasteiger partial charge in [0, 0.05) is 31.3 Å². The minimum atomic E-state index is 0.480. The van der Waals surface area contributed by atoms with Crippen LogP contribution >= 0.6 is 0 Å². The van der Waals surface area contributed by atoms with E-state index in [1.54, 1.807) is 7.11 Å². The molecule has 1 aromatic heterocycles. The van der Waals surface area contributed by atoms with Gasteiger partial charge in [-0.05, 0) is 12.8 Å². The first-order valence-electron chi connectivity index (χ1n) is 5.33. The largest absolute Gasteiger partial charge is 0.384 e. The first-order valence-corrected chi connectivity index (χ1v) is 5.33. The van der Waals surface area contributed by atoms with Gasteiger partial charge in [-0.2, -0.15) is 5.10 Å². The van der Waals surface area contributed by atoms with Crippen molar-refractivity contribution in [1.82, 2.24) is 9.78 Å². The summed E-state index contributed by atoms with van der Waals surface area (Å²) in [6.45, 7) is 7.99. The molecule has 4 heteroatoms. The Morgan fingerprint density at radius 2 is 2.20 bits per heavy atom. The Bertz CT molecular complexity index is 287. The van der Waals surface area contributed by atoms with Crippen LogP contribution in [0.2, 0.25) is 0 Å². The molecular weight excluding hydrogens is 190 g/mol. The summed E-state index contributed by atoms with van der Waals surface area (Å²) < 4.78 is 7.11. The molecule has 0 saturated carbocycles. The molecule has 1 unspecified atom stereocenters. The van der Waals surface area contributed by atoms with E-state index in [-0.39, 0.29) is 0 Å². The summed E-state index contributed by atoms with van der Waals surface area (Å²) in [6.07, 6.45) is 1.99. The fourth-order valence-corrected chi connectivity index (χ4v) is 1.54. The standard InChI is InChI=1S/C11H21N3O/c1-8(2)10(7-15-4)6-14-5-9(3)11(12)13-14/h5,8,10H,6-7H2,1-4H3,(H2,12,13). The molecule has 86 valence electrons. The van der Waals surface area contributed by atoms with Crippen LogP contribution in [-0.4, -0.2) is 23.5 Å². The van der Waals surface area contributed by atoms with Crippen LogP contribution < -0.4 is 5.73 Å². The highest BCUT2D eigenvalue weighted by Crippen LogP contribution is 2.15. The zero-order valence-corrected chi connectivity index (χ0v) is 10.0. The zero-order chi connectivity index (χ0) is 11.4. The number of ether oxygens (including phenoxy) is 1. The topological polar surface area (TPSA) is 53.1 Å². The highest BCUT2D eigenvalue weighted by Gasteiger charge is 2.14. The molecule has 0 fully saturated rings. The molecule has 1 rings (SSSR count). The second-order valence-electron chi connectivity index (χ2n) is 4.38. The van der Waals surface area contributed by atoms with Gasteiger partial charge in [-0.1, -0.05) is 13.8 Å². The predicted octanol–water partition coefficient (Wildman–Crippen LogP) is 1.69. The molecule has 0 radical (unpaired) electrons. The number of hydrogen-bond acceptors (Lipinski definition) is 3. The van der Waals surface area contributed by atoms with E-state index in [2.05, 4.69) is 18.9 Å². The number of anilines is 1. The van der Waals surface area contributed by atoms with Crippen LogP contribution in [0.5, 0.6) is 0 Å². The van der Waals surface area contributed by atoms with Crippen LogP contribution in [0.3, 0.4) is 0 Å². The lowest BCUT2D eigenvalue weighted by atomic mass is 9.97. The predicted molar refractivity (Wildman–Crippen MR) is 61.6 cm³/mol. The van der Waals surface area contributed by atoms with Crippen molar-refractivity contribution < 1.29 is 4.74 Å². The molecule has 0 bridgehead atoms. The van der Waals surface area contributed by atoms with Crippen molar-refractivity contribution in [3.05, 3.63) is 11.8 Å². The number of nitrogens with zero attached hydrogens (tertiary/aromatic N) is 2. The van der Waals surface area contributed by atoms with E-state index < -0.39 is 0 Å². The lowest BCUT2D eigenvalue weighted by Gasteiger charge is -2.19. The molecule has 0 aliphatic carbocycles. The van der Waals surface area contributed by atoms with Gasteiger partial charge >= 0.3 is 0 Å². The quantitative estimate of drug-likeness (QED) is 0.806. The summed E-state index contributed by atoms with van der Waals surface area (Å²) >= 11 is 0. The summed E-state index contributed by atoms with van der Waals surface area (Å²) in [6, 6.07) is 0. The van der Waals surface area contributed by atoms with Crippen LogP contribution in [-0.2, 0) is 11.3 Å². The van der Waals surface area contributed by atoms with Crippen LogP contribution in [0.1, 0.15) is 19.4 Å². The Morgan fingerprint density at radius 1 is 1.53 bits per heavy atom. The molecule has 4 nitrogen and oxygen atoms in total. The third-order valence-electron chi connectivity index (χ3n) is 2.73. The number of nitrogen functional groups attached to an aromatic ring is 1. The third-order valence-corrected chi connectivity index (χ3v) is 2.73. The van der Waals surface area contributed by atoms with E-state index >= 15 is 0 Å². The molecule has 1 heterocycles. The van der Waals surface area contributed by atoms with Gasteiger partial charge < -0.3 is 10.5 Å². The second kappa shape index (κ2) is 5.16. The number of nitrogens with two attached hydrogens (primary N) is 1. The van der Waals surface area contributed by atoms with E-state index in [0.717, 1.165) is 18.7 Å². The van der Waals surface area contributed by atoms with Crippen molar-refractivity contribution in [1.29, 1.82) is 0 Å². The van der Waals surface area contributed by atoms with E-state index in [1.807, 2.05) is 17.8 Å². The highest BCUT2D eigenvalue weighted by atomic mass is 16.5. The first kappa shape index (κ1) is 12.0. The van der Waals surface area contributed by atoms with Crippen molar-refractivity contribution in [2.45, 2.75) is 27.3 Å². The fraction of sp³-hybridized carbons (Fsp3) is 0.727. The van der Waals surface area contributed by atoms with Gasteiger partial charge in [0.05, 0.1) is 6.61 Å². The van der Waals surface area contributed by atoms with E-state index in [4.69, 9.17) is 10.5 Å². The van der Waals surface area contributed by atoms with Crippen LogP contribution in [0.25, 0.3) is 0 Å². The van der Waals surface area contributed by atoms with E-state index in [0.29, 0.717) is 17.7 Å². The van der Waals surface area contributed by atoms with Crippen molar-refractivity contribution in [2.24, 2.45) is 11.8 Å². The summed E-state index contributed by atoms with van der Waals surface area (Å²) in [5.41, 5.74) is 6.74. The maximum absolute atomic E-state index is 5.70. The molecule has 1 aromatic rings. The van der Waals surface area contributed by atoms with Crippen LogP contribution in [0.4, 0.5) is 5.82 Å². The molecule has 0 aromatic carbocycles. The molecule has 2 N–H and O–H groups in total. The molecule has 0 amide bonds. The van der Waals surface area contributed by atoms with Crippen molar-refractivity contribution in [3.8, 4) is 0 Å². The van der Waals surface area contributed by atoms with Gasteiger partial charge in [0.25, 0.3) is 0 Å². The van der Waals surface area contributed by atoms with Gasteiger partial charge in [0.15, 0.2) is 0 Å². The Balaban J connectivity index is 2.65. The maximum atomic E-state index is 5.70. The summed E-state index contributed by atoms with van der Waals surface area (Å²) in [5, 5.41) is 4.25. The molecule has 0 aliphatic rings. The lowest BCUT2D eigenvalue weighted by molar-refractivity contribution is 0.116. The normalized spacial score (nSPS) is 13.4. The van der Waals surface area contributed by atoms with Crippen LogP contribution in [0.15, 0.2) is 6.20 Å². The van der Waals surface area contributed by atoms with Gasteiger partial charge in [0.2, 0.25) is 0 Å². The summed E-state index contributed by atoms with van der Waals surface area (Å²) in [4.78, 5) is 0. The number of hydrogen-bond donors (Lipinski definition) is 1. The molecule has 0 aliphatic heterocycles. The van der Waals surface area contributed by atoms with Gasteiger partial charge in [-0.25, -0.2) is 0 Å². The number of methoxy groups -OCH3 is 1. The lowest BCUT2D eigenvalue weighted by Crippen LogP contribution is -2.21. The third kappa shape index (κ3) is 3.23. The number of aryl methyl sites for hydroxylation is 1. The fourth-order valence-electron chi connectivity index (χ4n) is 1.54. The zero-order valence-electron chi connectivity index (χ0n) is 10.0. The Hall–Kier alpha value is -1.03. The molecule has 0 saturated heterocycles. The Morgan fingerprint density at radius 3 is 2.60 bits per heavy atom. The average Bonchev–Trinajstić information content (AvgIpc) is 2.45. The van der Waals surface area contributed by atoms with Gasteiger partial charge in [-0.3, -0.25) is 4.68 Å². The van der Waals surface area contributed by atoms with Crippen molar-refractivity contribution >= 4 is 5.82 Å². The monoisotopic (exact) mass is 211 g/mol. The first-order chi connectivity index (χ1) is 7.04. The van der Waals surface area contributed by atoms with Crippen LogP contribution in [0, 0.1) is 18.8 Å². The SMILES string of the molecule is COCC(Cn1cc(C)c(N)n1)C(C)C. The smallest absolute Gasteiger partial charge is 0.148 e. The number of rotatable bonds is 5. The highest BCUT2D eigenvalue weighted by molar-refractivity contribution is 5.35.